The first-order valence-corrected chi connectivity index (χ1v) is 7.85. The van der Waals surface area contributed by atoms with Gasteiger partial charge in [-0.25, -0.2) is 13.6 Å². The molecule has 2 aromatic carbocycles. The Bertz CT molecular complexity index is 721. The highest BCUT2D eigenvalue weighted by molar-refractivity contribution is 5.94. The van der Waals surface area contributed by atoms with Crippen molar-refractivity contribution in [2.24, 2.45) is 0 Å². The maximum Gasteiger partial charge on any atom is 0.315 e. The van der Waals surface area contributed by atoms with Gasteiger partial charge in [0.25, 0.3) is 5.91 Å². The van der Waals surface area contributed by atoms with Gasteiger partial charge in [0.2, 0.25) is 0 Å². The Kier molecular flexibility index (Phi) is 6.88. The fourth-order valence-electron chi connectivity index (χ4n) is 2.08. The van der Waals surface area contributed by atoms with Crippen LogP contribution in [0.2, 0.25) is 0 Å². The Balaban J connectivity index is 1.59. The van der Waals surface area contributed by atoms with Crippen LogP contribution in [0.4, 0.5) is 13.6 Å². The largest absolute Gasteiger partial charge is 0.352 e. The lowest BCUT2D eigenvalue weighted by Gasteiger charge is -2.09. The van der Waals surface area contributed by atoms with Crippen molar-refractivity contribution >= 4 is 11.9 Å². The van der Waals surface area contributed by atoms with Gasteiger partial charge in [-0.1, -0.05) is 24.3 Å². The molecule has 2 rings (SSSR count). The second-order valence-corrected chi connectivity index (χ2v) is 5.33. The maximum absolute atomic E-state index is 13.4. The first kappa shape index (κ1) is 18.4. The van der Waals surface area contributed by atoms with Crippen LogP contribution in [0.5, 0.6) is 0 Å². The number of carbonyl (C=O) groups is 2. The van der Waals surface area contributed by atoms with Gasteiger partial charge in [0.1, 0.15) is 11.6 Å². The van der Waals surface area contributed by atoms with E-state index in [0.717, 1.165) is 5.56 Å². The molecule has 0 aliphatic heterocycles. The second-order valence-electron chi connectivity index (χ2n) is 5.33. The summed E-state index contributed by atoms with van der Waals surface area (Å²) < 4.78 is 26.2. The Hall–Kier alpha value is -2.96. The second kappa shape index (κ2) is 9.36. The molecule has 0 radical (unpaired) electrons. The van der Waals surface area contributed by atoms with E-state index in [0.29, 0.717) is 19.5 Å². The molecule has 0 aliphatic carbocycles. The van der Waals surface area contributed by atoms with Crippen molar-refractivity contribution in [2.45, 2.75) is 13.0 Å². The van der Waals surface area contributed by atoms with E-state index in [9.17, 15) is 18.4 Å². The molecule has 0 spiro atoms. The fraction of sp³-hybridized carbons (Fsp3) is 0.222. The molecule has 25 heavy (non-hydrogen) atoms. The molecule has 5 nitrogen and oxygen atoms in total. The predicted octanol–water partition coefficient (Wildman–Crippen LogP) is 2.58. The Morgan fingerprint density at radius 3 is 2.24 bits per heavy atom. The van der Waals surface area contributed by atoms with Gasteiger partial charge in [-0.2, -0.15) is 0 Å². The van der Waals surface area contributed by atoms with Crippen molar-refractivity contribution in [3.63, 3.8) is 0 Å². The van der Waals surface area contributed by atoms with Crippen LogP contribution >= 0.6 is 0 Å². The van der Waals surface area contributed by atoms with E-state index >= 15 is 0 Å². The zero-order chi connectivity index (χ0) is 18.1. The van der Waals surface area contributed by atoms with Gasteiger partial charge >= 0.3 is 6.03 Å². The lowest BCUT2D eigenvalue weighted by molar-refractivity contribution is 0.0949. The molecule has 2 aromatic rings. The maximum atomic E-state index is 13.4. The lowest BCUT2D eigenvalue weighted by Crippen LogP contribution is -2.37. The van der Waals surface area contributed by atoms with Crippen LogP contribution in [-0.4, -0.2) is 25.0 Å². The summed E-state index contributed by atoms with van der Waals surface area (Å²) in [6, 6.07) is 11.2. The average molecular weight is 347 g/mol. The minimum absolute atomic E-state index is 0.00694. The Morgan fingerprint density at radius 2 is 1.52 bits per heavy atom. The monoisotopic (exact) mass is 347 g/mol. The van der Waals surface area contributed by atoms with Crippen molar-refractivity contribution < 1.29 is 18.4 Å². The van der Waals surface area contributed by atoms with Gasteiger partial charge < -0.3 is 16.0 Å². The molecule has 3 amide bonds. The van der Waals surface area contributed by atoms with Crippen LogP contribution in [-0.2, 0) is 6.54 Å². The van der Waals surface area contributed by atoms with Crippen LogP contribution in [0.3, 0.4) is 0 Å². The number of rotatable bonds is 7. The third kappa shape index (κ3) is 6.21. The van der Waals surface area contributed by atoms with Crippen molar-refractivity contribution in [1.29, 1.82) is 0 Å². The number of amides is 3. The van der Waals surface area contributed by atoms with E-state index in [1.165, 1.54) is 30.3 Å². The van der Waals surface area contributed by atoms with Crippen molar-refractivity contribution in [2.75, 3.05) is 13.1 Å². The highest BCUT2D eigenvalue weighted by atomic mass is 19.1. The average Bonchev–Trinajstić information content (AvgIpc) is 2.61. The highest BCUT2D eigenvalue weighted by Crippen LogP contribution is 2.05. The first-order chi connectivity index (χ1) is 12.1. The van der Waals surface area contributed by atoms with Crippen molar-refractivity contribution in [3.05, 3.63) is 71.3 Å². The van der Waals surface area contributed by atoms with Crippen LogP contribution in [0, 0.1) is 11.6 Å². The molecule has 0 aromatic heterocycles. The summed E-state index contributed by atoms with van der Waals surface area (Å²) in [5.41, 5.74) is 0.779. The van der Waals surface area contributed by atoms with E-state index in [1.54, 1.807) is 18.2 Å². The third-order valence-electron chi connectivity index (χ3n) is 3.41. The number of hydrogen-bond acceptors (Lipinski definition) is 2. The molecular formula is C18H19F2N3O2. The summed E-state index contributed by atoms with van der Waals surface area (Å²) in [5, 5.41) is 7.87. The van der Waals surface area contributed by atoms with Gasteiger partial charge in [-0.3, -0.25) is 4.79 Å². The molecule has 132 valence electrons. The van der Waals surface area contributed by atoms with Gasteiger partial charge in [0.15, 0.2) is 0 Å². The lowest BCUT2D eigenvalue weighted by atomic mass is 10.2. The van der Waals surface area contributed by atoms with E-state index < -0.39 is 11.7 Å². The number of hydrogen-bond donors (Lipinski definition) is 3. The molecule has 0 bridgehead atoms. The summed E-state index contributed by atoms with van der Waals surface area (Å²) in [7, 11) is 0. The Morgan fingerprint density at radius 1 is 0.840 bits per heavy atom. The zero-order valence-electron chi connectivity index (χ0n) is 13.5. The summed E-state index contributed by atoms with van der Waals surface area (Å²) >= 11 is 0. The molecule has 7 heteroatoms. The van der Waals surface area contributed by atoms with Gasteiger partial charge in [0, 0.05) is 19.6 Å². The highest BCUT2D eigenvalue weighted by Gasteiger charge is 2.09. The number of benzene rings is 2. The minimum Gasteiger partial charge on any atom is -0.352 e. The summed E-state index contributed by atoms with van der Waals surface area (Å²) in [6.45, 7) is 0.953. The van der Waals surface area contributed by atoms with Gasteiger partial charge in [-0.05, 0) is 36.2 Å². The van der Waals surface area contributed by atoms with Crippen molar-refractivity contribution in [1.82, 2.24) is 16.0 Å². The molecule has 0 heterocycles. The molecule has 0 unspecified atom stereocenters. The predicted molar refractivity (Wildman–Crippen MR) is 90.0 cm³/mol. The topological polar surface area (TPSA) is 70.2 Å². The SMILES string of the molecule is O=C(NCCCNC(=O)c1ccccc1F)NCc1ccc(F)cc1. The van der Waals surface area contributed by atoms with Gasteiger partial charge in [-0.15, -0.1) is 0 Å². The van der Waals surface area contributed by atoms with Crippen molar-refractivity contribution in [3.8, 4) is 0 Å². The summed E-state index contributed by atoms with van der Waals surface area (Å²) in [4.78, 5) is 23.4. The van der Waals surface area contributed by atoms with E-state index in [-0.39, 0.29) is 24.0 Å². The van der Waals surface area contributed by atoms with Crippen LogP contribution in [0.15, 0.2) is 48.5 Å². The van der Waals surface area contributed by atoms with E-state index in [1.807, 2.05) is 0 Å². The summed E-state index contributed by atoms with van der Waals surface area (Å²) in [6.07, 6.45) is 0.504. The van der Waals surface area contributed by atoms with Crippen LogP contribution in [0.1, 0.15) is 22.3 Å². The Labute approximate surface area is 144 Å². The minimum atomic E-state index is -0.571. The first-order valence-electron chi connectivity index (χ1n) is 7.85. The van der Waals surface area contributed by atoms with E-state index in [2.05, 4.69) is 16.0 Å². The number of nitrogens with one attached hydrogen (secondary N) is 3. The van der Waals surface area contributed by atoms with Gasteiger partial charge in [0.05, 0.1) is 5.56 Å². The molecule has 0 saturated carbocycles. The number of urea groups is 1. The van der Waals surface area contributed by atoms with E-state index in [4.69, 9.17) is 0 Å². The fourth-order valence-corrected chi connectivity index (χ4v) is 2.08. The summed E-state index contributed by atoms with van der Waals surface area (Å²) in [5.74, 6) is -1.39. The van der Waals surface area contributed by atoms with Crippen LogP contribution in [0.25, 0.3) is 0 Å². The molecule has 0 atom stereocenters. The molecule has 0 aliphatic rings. The third-order valence-corrected chi connectivity index (χ3v) is 3.41. The molecular weight excluding hydrogens is 328 g/mol. The molecule has 0 fully saturated rings. The quantitative estimate of drug-likeness (QED) is 0.674. The standard InChI is InChI=1S/C18H19F2N3O2/c19-14-8-6-13(7-9-14)12-23-18(25)22-11-3-10-21-17(24)15-4-1-2-5-16(15)20/h1-2,4-9H,3,10-12H2,(H,21,24)(H2,22,23,25). The zero-order valence-corrected chi connectivity index (χ0v) is 13.5. The molecule has 0 saturated heterocycles. The number of carbonyl (C=O) groups excluding carboxylic acids is 2. The van der Waals surface area contributed by atoms with Crippen LogP contribution < -0.4 is 16.0 Å². The normalized spacial score (nSPS) is 10.2. The number of halogens is 2. The molecule has 3 N–H and O–H groups in total. The smallest absolute Gasteiger partial charge is 0.315 e.